The van der Waals surface area contributed by atoms with Gasteiger partial charge in [-0.3, -0.25) is 0 Å². The fourth-order valence-electron chi connectivity index (χ4n) is 2.96. The van der Waals surface area contributed by atoms with E-state index in [0.717, 1.165) is 28.8 Å². The summed E-state index contributed by atoms with van der Waals surface area (Å²) in [6, 6.07) is 4.93. The largest absolute Gasteiger partial charge is 0.324 e. The molecule has 100 valence electrons. The Morgan fingerprint density at radius 3 is 2.56 bits per heavy atom. The van der Waals surface area contributed by atoms with Crippen molar-refractivity contribution in [3.63, 3.8) is 0 Å². The van der Waals surface area contributed by atoms with E-state index < -0.39 is 0 Å². The molecular weight excluding hydrogens is 293 g/mol. The van der Waals surface area contributed by atoms with E-state index in [2.05, 4.69) is 29.8 Å². The van der Waals surface area contributed by atoms with Gasteiger partial charge in [0.15, 0.2) is 0 Å². The van der Waals surface area contributed by atoms with Crippen LogP contribution in [0.5, 0.6) is 0 Å². The molecule has 2 N–H and O–H groups in total. The Morgan fingerprint density at radius 1 is 1.22 bits per heavy atom. The van der Waals surface area contributed by atoms with E-state index in [4.69, 9.17) is 5.73 Å². The lowest BCUT2D eigenvalue weighted by molar-refractivity contribution is 0.186. The molecule has 4 atom stereocenters. The van der Waals surface area contributed by atoms with Crippen LogP contribution in [0.15, 0.2) is 22.7 Å². The minimum absolute atomic E-state index is 0.0491. The van der Waals surface area contributed by atoms with Crippen molar-refractivity contribution < 1.29 is 4.39 Å². The van der Waals surface area contributed by atoms with Crippen LogP contribution in [0.4, 0.5) is 4.39 Å². The van der Waals surface area contributed by atoms with E-state index >= 15 is 0 Å². The lowest BCUT2D eigenvalue weighted by Gasteiger charge is -2.35. The summed E-state index contributed by atoms with van der Waals surface area (Å²) in [6.45, 7) is 4.61. The van der Waals surface area contributed by atoms with Crippen LogP contribution in [-0.4, -0.2) is 0 Å². The van der Waals surface area contributed by atoms with E-state index in [1.165, 1.54) is 12.5 Å². The molecule has 0 amide bonds. The molecule has 1 saturated carbocycles. The molecule has 0 aliphatic heterocycles. The lowest BCUT2D eigenvalue weighted by atomic mass is 9.72. The minimum atomic E-state index is -0.216. The van der Waals surface area contributed by atoms with Crippen LogP contribution in [0.25, 0.3) is 0 Å². The molecule has 0 saturated heterocycles. The molecule has 1 aliphatic carbocycles. The number of rotatable bonds is 2. The second kappa shape index (κ2) is 5.70. The Bertz CT molecular complexity index is 401. The summed E-state index contributed by atoms with van der Waals surface area (Å²) >= 11 is 3.33. The maximum atomic E-state index is 13.4. The third-order valence-electron chi connectivity index (χ3n) is 4.42. The SMILES string of the molecule is CC1CCC(C(N)c2cc(F)cc(Br)c2)CC1C. The molecule has 2 rings (SSSR count). The number of benzene rings is 1. The molecule has 4 unspecified atom stereocenters. The Kier molecular flexibility index (Phi) is 4.44. The predicted octanol–water partition coefficient (Wildman–Crippen LogP) is 4.66. The van der Waals surface area contributed by atoms with Gasteiger partial charge in [-0.2, -0.15) is 0 Å². The van der Waals surface area contributed by atoms with Crippen LogP contribution in [0.3, 0.4) is 0 Å². The van der Waals surface area contributed by atoms with Crippen molar-refractivity contribution in [2.24, 2.45) is 23.5 Å². The highest BCUT2D eigenvalue weighted by Crippen LogP contribution is 2.39. The van der Waals surface area contributed by atoms with Crippen molar-refractivity contribution >= 4 is 15.9 Å². The van der Waals surface area contributed by atoms with Crippen molar-refractivity contribution in [3.05, 3.63) is 34.1 Å². The first kappa shape index (κ1) is 14.0. The first-order valence-electron chi connectivity index (χ1n) is 6.69. The van der Waals surface area contributed by atoms with E-state index in [0.29, 0.717) is 11.8 Å². The topological polar surface area (TPSA) is 26.0 Å². The average molecular weight is 314 g/mol. The lowest BCUT2D eigenvalue weighted by Crippen LogP contribution is -2.29. The van der Waals surface area contributed by atoms with Crippen molar-refractivity contribution in [1.29, 1.82) is 0 Å². The summed E-state index contributed by atoms with van der Waals surface area (Å²) in [4.78, 5) is 0. The Hall–Kier alpha value is -0.410. The summed E-state index contributed by atoms with van der Waals surface area (Å²) in [5, 5.41) is 0. The molecule has 0 aromatic heterocycles. The van der Waals surface area contributed by atoms with E-state index in [-0.39, 0.29) is 11.9 Å². The molecule has 0 heterocycles. The molecule has 1 aromatic carbocycles. The van der Waals surface area contributed by atoms with Gasteiger partial charge >= 0.3 is 0 Å². The van der Waals surface area contributed by atoms with Gasteiger partial charge in [0.1, 0.15) is 5.82 Å². The standard InChI is InChI=1S/C15H21BrFN/c1-9-3-4-11(5-10(9)2)15(18)12-6-13(16)8-14(17)7-12/h6-11,15H,3-5,18H2,1-2H3. The third kappa shape index (κ3) is 3.12. The molecule has 0 spiro atoms. The Labute approximate surface area is 117 Å². The maximum Gasteiger partial charge on any atom is 0.124 e. The number of halogens is 2. The van der Waals surface area contributed by atoms with Crippen molar-refractivity contribution in [2.45, 2.75) is 39.2 Å². The number of hydrogen-bond acceptors (Lipinski definition) is 1. The monoisotopic (exact) mass is 313 g/mol. The van der Waals surface area contributed by atoms with E-state index in [9.17, 15) is 4.39 Å². The second-order valence-corrected chi connectivity index (χ2v) is 6.67. The zero-order valence-electron chi connectivity index (χ0n) is 11.0. The predicted molar refractivity (Wildman–Crippen MR) is 76.7 cm³/mol. The summed E-state index contributed by atoms with van der Waals surface area (Å²) < 4.78 is 14.2. The minimum Gasteiger partial charge on any atom is -0.324 e. The number of hydrogen-bond donors (Lipinski definition) is 1. The first-order chi connectivity index (χ1) is 8.47. The first-order valence-corrected chi connectivity index (χ1v) is 7.48. The quantitative estimate of drug-likeness (QED) is 0.844. The van der Waals surface area contributed by atoms with Gasteiger partial charge in [-0.25, -0.2) is 4.39 Å². The van der Waals surface area contributed by atoms with Gasteiger partial charge < -0.3 is 5.73 Å². The highest BCUT2D eigenvalue weighted by molar-refractivity contribution is 9.10. The third-order valence-corrected chi connectivity index (χ3v) is 4.87. The highest BCUT2D eigenvalue weighted by atomic mass is 79.9. The van der Waals surface area contributed by atoms with Crippen molar-refractivity contribution in [1.82, 2.24) is 0 Å². The number of nitrogens with two attached hydrogens (primary N) is 1. The Morgan fingerprint density at radius 2 is 1.94 bits per heavy atom. The zero-order chi connectivity index (χ0) is 13.3. The van der Waals surface area contributed by atoms with Crippen molar-refractivity contribution in [2.75, 3.05) is 0 Å². The van der Waals surface area contributed by atoms with Gasteiger partial charge in [-0.05, 0) is 54.4 Å². The summed E-state index contributed by atoms with van der Waals surface area (Å²) in [7, 11) is 0. The zero-order valence-corrected chi connectivity index (χ0v) is 12.6. The van der Waals surface area contributed by atoms with Gasteiger partial charge in [0.25, 0.3) is 0 Å². The van der Waals surface area contributed by atoms with Crippen LogP contribution in [0.2, 0.25) is 0 Å². The summed E-state index contributed by atoms with van der Waals surface area (Å²) in [6.07, 6.45) is 3.54. The summed E-state index contributed by atoms with van der Waals surface area (Å²) in [5.74, 6) is 1.76. The normalized spacial score (nSPS) is 30.2. The molecule has 18 heavy (non-hydrogen) atoms. The van der Waals surface area contributed by atoms with Gasteiger partial charge in [-0.1, -0.05) is 36.2 Å². The molecule has 0 bridgehead atoms. The van der Waals surface area contributed by atoms with Gasteiger partial charge in [0.2, 0.25) is 0 Å². The fourth-order valence-corrected chi connectivity index (χ4v) is 3.44. The van der Waals surface area contributed by atoms with Crippen LogP contribution < -0.4 is 5.73 Å². The van der Waals surface area contributed by atoms with Crippen LogP contribution in [0.1, 0.15) is 44.7 Å². The maximum absolute atomic E-state index is 13.4. The van der Waals surface area contributed by atoms with Crippen LogP contribution in [-0.2, 0) is 0 Å². The average Bonchev–Trinajstić information content (AvgIpc) is 2.30. The van der Waals surface area contributed by atoms with Crippen molar-refractivity contribution in [3.8, 4) is 0 Å². The molecule has 3 heteroatoms. The van der Waals surface area contributed by atoms with Gasteiger partial charge in [0, 0.05) is 10.5 Å². The van der Waals surface area contributed by atoms with E-state index in [1.807, 2.05) is 6.07 Å². The molecule has 1 aliphatic rings. The second-order valence-electron chi connectivity index (χ2n) is 5.76. The molecule has 0 radical (unpaired) electrons. The molecule has 1 fully saturated rings. The molecule has 1 nitrogen and oxygen atoms in total. The van der Waals surface area contributed by atoms with Crippen LogP contribution in [0, 0.1) is 23.6 Å². The fraction of sp³-hybridized carbons (Fsp3) is 0.600. The summed E-state index contributed by atoms with van der Waals surface area (Å²) in [5.41, 5.74) is 7.24. The molecule has 1 aromatic rings. The van der Waals surface area contributed by atoms with Gasteiger partial charge in [0.05, 0.1) is 0 Å². The van der Waals surface area contributed by atoms with Gasteiger partial charge in [-0.15, -0.1) is 0 Å². The highest BCUT2D eigenvalue weighted by Gasteiger charge is 2.29. The smallest absolute Gasteiger partial charge is 0.124 e. The molecular formula is C15H21BrFN. The Balaban J connectivity index is 2.13. The van der Waals surface area contributed by atoms with E-state index in [1.54, 1.807) is 6.07 Å². The van der Waals surface area contributed by atoms with Crippen LogP contribution >= 0.6 is 15.9 Å².